The third-order valence-corrected chi connectivity index (χ3v) is 6.06. The fraction of sp³-hybridized carbons (Fsp3) is 0.250. The van der Waals surface area contributed by atoms with E-state index in [2.05, 4.69) is 0 Å². The summed E-state index contributed by atoms with van der Waals surface area (Å²) in [6.07, 6.45) is 0.724. The second kappa shape index (κ2) is 9.00. The minimum Gasteiger partial charge on any atom is -0.497 e. The molecule has 0 bridgehead atoms. The number of ketones is 1. The van der Waals surface area contributed by atoms with Gasteiger partial charge in [0.25, 0.3) is 5.78 Å². The zero-order chi connectivity index (χ0) is 23.6. The Kier molecular flexibility index (Phi) is 6.55. The largest absolute Gasteiger partial charge is 0.497 e. The van der Waals surface area contributed by atoms with E-state index in [4.69, 9.17) is 9.47 Å². The number of ether oxygens (including phenoxy) is 2. The summed E-state index contributed by atoms with van der Waals surface area (Å²) < 4.78 is 35.8. The number of rotatable bonds is 7. The van der Waals surface area contributed by atoms with E-state index in [1.165, 1.54) is 12.1 Å². The number of nitrogens with zero attached hydrogens (tertiary/aromatic N) is 1. The molecule has 8 heteroatoms. The zero-order valence-corrected chi connectivity index (χ0v) is 19.4. The van der Waals surface area contributed by atoms with Gasteiger partial charge in [-0.15, -0.1) is 0 Å². The monoisotopic (exact) mass is 455 g/mol. The lowest BCUT2D eigenvalue weighted by Crippen LogP contribution is -2.21. The molecule has 0 fully saturated rings. The van der Waals surface area contributed by atoms with Crippen LogP contribution in [0.25, 0.3) is 16.9 Å². The number of esters is 1. The molecule has 0 saturated carbocycles. The minimum atomic E-state index is -3.35. The molecule has 0 radical (unpaired) electrons. The van der Waals surface area contributed by atoms with E-state index in [1.807, 2.05) is 16.7 Å². The molecule has 32 heavy (non-hydrogen) atoms. The van der Waals surface area contributed by atoms with E-state index >= 15 is 0 Å². The van der Waals surface area contributed by atoms with Crippen LogP contribution in [-0.4, -0.2) is 44.2 Å². The molecule has 0 aliphatic carbocycles. The molecule has 1 aromatic heterocycles. The van der Waals surface area contributed by atoms with Gasteiger partial charge in [0.1, 0.15) is 5.75 Å². The molecule has 0 aliphatic heterocycles. The highest BCUT2D eigenvalue weighted by molar-refractivity contribution is 7.90. The molecule has 0 amide bonds. The van der Waals surface area contributed by atoms with Crippen LogP contribution in [0.1, 0.15) is 29.9 Å². The normalized spacial score (nSPS) is 11.4. The Labute approximate surface area is 187 Å². The van der Waals surface area contributed by atoms with Gasteiger partial charge in [0.15, 0.2) is 9.84 Å². The summed E-state index contributed by atoms with van der Waals surface area (Å²) in [5, 5.41) is 0. The van der Waals surface area contributed by atoms with Crippen molar-refractivity contribution in [3.8, 4) is 22.7 Å². The lowest BCUT2D eigenvalue weighted by molar-refractivity contribution is -0.141. The number of hydrogen-bond donors (Lipinski definition) is 0. The Morgan fingerprint density at radius 3 is 2.06 bits per heavy atom. The minimum absolute atomic E-state index is 0.192. The van der Waals surface area contributed by atoms with Gasteiger partial charge in [0, 0.05) is 17.6 Å². The first-order valence-corrected chi connectivity index (χ1v) is 11.8. The summed E-state index contributed by atoms with van der Waals surface area (Å²) in [5.41, 5.74) is 2.85. The molecule has 0 atom stereocenters. The molecular formula is C24H25NO6S. The van der Waals surface area contributed by atoms with Gasteiger partial charge in [-0.1, -0.05) is 12.1 Å². The number of methoxy groups -OCH3 is 1. The average molecular weight is 456 g/mol. The first-order chi connectivity index (χ1) is 15.0. The van der Waals surface area contributed by atoms with Crippen LogP contribution >= 0.6 is 0 Å². The third kappa shape index (κ3) is 4.75. The maximum Gasteiger partial charge on any atom is 0.379 e. The number of benzene rings is 2. The van der Waals surface area contributed by atoms with Gasteiger partial charge in [-0.3, -0.25) is 4.79 Å². The fourth-order valence-electron chi connectivity index (χ4n) is 3.36. The van der Waals surface area contributed by atoms with Gasteiger partial charge in [0.2, 0.25) is 0 Å². The van der Waals surface area contributed by atoms with Crippen LogP contribution < -0.4 is 4.74 Å². The maximum absolute atomic E-state index is 12.8. The van der Waals surface area contributed by atoms with E-state index in [-0.39, 0.29) is 10.5 Å². The smallest absolute Gasteiger partial charge is 0.379 e. The van der Waals surface area contributed by atoms with Crippen molar-refractivity contribution >= 4 is 21.6 Å². The lowest BCUT2D eigenvalue weighted by Gasteiger charge is -2.13. The average Bonchev–Trinajstić information content (AvgIpc) is 3.09. The van der Waals surface area contributed by atoms with Crippen LogP contribution in [0.5, 0.6) is 5.75 Å². The van der Waals surface area contributed by atoms with Crippen molar-refractivity contribution in [2.75, 3.05) is 13.4 Å². The fourth-order valence-corrected chi connectivity index (χ4v) is 3.99. The SMILES string of the molecule is COc1ccc(-n2c(-c3ccc(S(C)(=O)=O)cc3)cc(C(=O)C(=O)OC(C)C)c2C)cc1. The van der Waals surface area contributed by atoms with Crippen molar-refractivity contribution in [3.05, 3.63) is 65.9 Å². The lowest BCUT2D eigenvalue weighted by atomic mass is 10.1. The highest BCUT2D eigenvalue weighted by Crippen LogP contribution is 2.31. The van der Waals surface area contributed by atoms with Gasteiger partial charge in [-0.05, 0) is 68.8 Å². The first-order valence-electron chi connectivity index (χ1n) is 9.95. The standard InChI is InChI=1S/C24H25NO6S/c1-15(2)31-24(27)23(26)21-14-22(17-6-12-20(13-7-17)32(5,28)29)25(16(21)3)18-8-10-19(30-4)11-9-18/h6-15H,1-5H3. The topological polar surface area (TPSA) is 91.7 Å². The molecule has 0 spiro atoms. The molecule has 3 aromatic rings. The Morgan fingerprint density at radius 1 is 0.969 bits per heavy atom. The molecule has 3 rings (SSSR count). The molecule has 2 aromatic carbocycles. The summed E-state index contributed by atoms with van der Waals surface area (Å²) in [6, 6.07) is 15.2. The van der Waals surface area contributed by atoms with Crippen LogP contribution in [0.15, 0.2) is 59.5 Å². The number of hydrogen-bond acceptors (Lipinski definition) is 6. The highest BCUT2D eigenvalue weighted by atomic mass is 32.2. The van der Waals surface area contributed by atoms with Gasteiger partial charge >= 0.3 is 5.97 Å². The molecule has 0 saturated heterocycles. The number of sulfone groups is 1. The van der Waals surface area contributed by atoms with Crippen LogP contribution in [0, 0.1) is 6.92 Å². The second-order valence-corrected chi connectivity index (χ2v) is 9.66. The second-order valence-electron chi connectivity index (χ2n) is 7.64. The van der Waals surface area contributed by atoms with Gasteiger partial charge in [0.05, 0.1) is 29.4 Å². The molecule has 0 aliphatic rings. The summed E-state index contributed by atoms with van der Waals surface area (Å²) in [7, 11) is -1.78. The summed E-state index contributed by atoms with van der Waals surface area (Å²) in [6.45, 7) is 5.10. The van der Waals surface area contributed by atoms with E-state index in [1.54, 1.807) is 58.2 Å². The molecule has 1 heterocycles. The number of carbonyl (C=O) groups excluding carboxylic acids is 2. The van der Waals surface area contributed by atoms with Crippen LogP contribution in [-0.2, 0) is 19.4 Å². The van der Waals surface area contributed by atoms with Crippen molar-refractivity contribution < 1.29 is 27.5 Å². The van der Waals surface area contributed by atoms with Crippen molar-refractivity contribution in [2.45, 2.75) is 31.8 Å². The highest BCUT2D eigenvalue weighted by Gasteiger charge is 2.26. The molecule has 168 valence electrons. The number of carbonyl (C=O) groups is 2. The molecule has 0 unspecified atom stereocenters. The van der Waals surface area contributed by atoms with Gasteiger partial charge < -0.3 is 14.0 Å². The van der Waals surface area contributed by atoms with Gasteiger partial charge in [-0.25, -0.2) is 13.2 Å². The quantitative estimate of drug-likeness (QED) is 0.304. The predicted molar refractivity (Wildman–Crippen MR) is 121 cm³/mol. The first kappa shape index (κ1) is 23.3. The van der Waals surface area contributed by atoms with E-state index < -0.39 is 27.7 Å². The Hall–Kier alpha value is -3.39. The predicted octanol–water partition coefficient (Wildman–Crippen LogP) is 4.00. The van der Waals surface area contributed by atoms with E-state index in [9.17, 15) is 18.0 Å². The summed E-state index contributed by atoms with van der Waals surface area (Å²) in [4.78, 5) is 25.3. The van der Waals surface area contributed by atoms with Crippen molar-refractivity contribution in [3.63, 3.8) is 0 Å². The van der Waals surface area contributed by atoms with Crippen molar-refractivity contribution in [1.82, 2.24) is 4.57 Å². The Balaban J connectivity index is 2.18. The molecule has 0 N–H and O–H groups in total. The Morgan fingerprint density at radius 2 is 1.56 bits per heavy atom. The maximum atomic E-state index is 12.8. The van der Waals surface area contributed by atoms with Crippen molar-refractivity contribution in [2.24, 2.45) is 0 Å². The van der Waals surface area contributed by atoms with Crippen molar-refractivity contribution in [1.29, 1.82) is 0 Å². The summed E-state index contributed by atoms with van der Waals surface area (Å²) >= 11 is 0. The molecule has 7 nitrogen and oxygen atoms in total. The third-order valence-electron chi connectivity index (χ3n) is 4.93. The van der Waals surface area contributed by atoms with E-state index in [0.29, 0.717) is 22.7 Å². The number of Topliss-reactive ketones (excluding diaryl/α,β-unsaturated/α-hetero) is 1. The van der Waals surface area contributed by atoms with Crippen LogP contribution in [0.3, 0.4) is 0 Å². The number of aromatic nitrogens is 1. The van der Waals surface area contributed by atoms with Crippen LogP contribution in [0.2, 0.25) is 0 Å². The van der Waals surface area contributed by atoms with E-state index in [0.717, 1.165) is 11.9 Å². The summed E-state index contributed by atoms with van der Waals surface area (Å²) in [5.74, 6) is -0.985. The molecular weight excluding hydrogens is 430 g/mol. The Bertz CT molecular complexity index is 1250. The van der Waals surface area contributed by atoms with Gasteiger partial charge in [-0.2, -0.15) is 0 Å². The zero-order valence-electron chi connectivity index (χ0n) is 18.6. The van der Waals surface area contributed by atoms with Crippen LogP contribution in [0.4, 0.5) is 0 Å².